The van der Waals surface area contributed by atoms with Gasteiger partial charge in [-0.2, -0.15) is 0 Å². The predicted molar refractivity (Wildman–Crippen MR) is 90.2 cm³/mol. The van der Waals surface area contributed by atoms with E-state index in [1.807, 2.05) is 20.8 Å². The molecule has 1 atom stereocenters. The molecule has 1 aliphatic heterocycles. The molecule has 8 heteroatoms. The minimum absolute atomic E-state index is 0.00498. The first-order valence-electron chi connectivity index (χ1n) is 7.46. The van der Waals surface area contributed by atoms with Crippen molar-refractivity contribution < 1.29 is 13.9 Å². The van der Waals surface area contributed by atoms with Crippen molar-refractivity contribution in [1.82, 2.24) is 4.90 Å². The topological polar surface area (TPSA) is 92.6 Å². The summed E-state index contributed by atoms with van der Waals surface area (Å²) in [4.78, 5) is 24.6. The van der Waals surface area contributed by atoms with Gasteiger partial charge in [0.25, 0.3) is 5.69 Å². The minimum Gasteiger partial charge on any atom is -0.322 e. The quantitative estimate of drug-likeness (QED) is 0.676. The molecule has 1 saturated heterocycles. The molecule has 1 heterocycles. The highest BCUT2D eigenvalue weighted by molar-refractivity contribution is 7.86. The maximum absolute atomic E-state index is 12.3. The van der Waals surface area contributed by atoms with Gasteiger partial charge < -0.3 is 10.2 Å². The first-order valence-corrected chi connectivity index (χ1v) is 8.78. The number of nitro benzene ring substituents is 1. The predicted octanol–water partition coefficient (Wildman–Crippen LogP) is 2.53. The van der Waals surface area contributed by atoms with Crippen LogP contribution >= 0.6 is 0 Å². The molecule has 0 saturated carbocycles. The van der Waals surface area contributed by atoms with Crippen LogP contribution in [0.15, 0.2) is 18.2 Å². The number of carbonyl (C=O) groups is 1. The summed E-state index contributed by atoms with van der Waals surface area (Å²) in [7, 11) is -0.959. The van der Waals surface area contributed by atoms with Crippen molar-refractivity contribution in [3.05, 3.63) is 33.9 Å². The number of aryl methyl sites for hydroxylation is 1. The number of carbonyl (C=O) groups excluding carboxylic acids is 1. The third kappa shape index (κ3) is 3.87. The Morgan fingerprint density at radius 2 is 2.17 bits per heavy atom. The Hall–Kier alpha value is -1.96. The van der Waals surface area contributed by atoms with Crippen LogP contribution < -0.4 is 5.32 Å². The first-order chi connectivity index (χ1) is 10.7. The smallest absolute Gasteiger partial charge is 0.321 e. The van der Waals surface area contributed by atoms with Gasteiger partial charge in [0.1, 0.15) is 0 Å². The van der Waals surface area contributed by atoms with Gasteiger partial charge in [0.15, 0.2) is 0 Å². The fourth-order valence-corrected chi connectivity index (χ4v) is 3.81. The summed E-state index contributed by atoms with van der Waals surface area (Å²) in [5.74, 6) is 0.440. The Morgan fingerprint density at radius 3 is 2.74 bits per heavy atom. The molecule has 1 aromatic rings. The highest BCUT2D eigenvalue weighted by Crippen LogP contribution is 2.25. The second-order valence-electron chi connectivity index (χ2n) is 6.12. The summed E-state index contributed by atoms with van der Waals surface area (Å²) in [5.41, 5.74) is 1.02. The Morgan fingerprint density at radius 1 is 1.48 bits per heavy atom. The zero-order chi connectivity index (χ0) is 17.2. The zero-order valence-electron chi connectivity index (χ0n) is 13.5. The molecule has 23 heavy (non-hydrogen) atoms. The van der Waals surface area contributed by atoms with Crippen LogP contribution in [0.25, 0.3) is 0 Å². The number of nitrogens with zero attached hydrogens (tertiary/aromatic N) is 2. The summed E-state index contributed by atoms with van der Waals surface area (Å²) in [6, 6.07) is 4.37. The number of rotatable bonds is 3. The second-order valence-corrected chi connectivity index (χ2v) is 8.32. The van der Waals surface area contributed by atoms with E-state index in [4.69, 9.17) is 0 Å². The lowest BCUT2D eigenvalue weighted by Gasteiger charge is -2.37. The molecule has 2 amide bonds. The summed E-state index contributed by atoms with van der Waals surface area (Å²) in [5, 5.41) is 13.8. The number of urea groups is 1. The molecule has 1 N–H and O–H groups in total. The van der Waals surface area contributed by atoms with Gasteiger partial charge in [0.05, 0.1) is 9.67 Å². The van der Waals surface area contributed by atoms with Crippen LogP contribution in [0, 0.1) is 10.1 Å². The summed E-state index contributed by atoms with van der Waals surface area (Å²) in [6.07, 6.45) is 0.552. The van der Waals surface area contributed by atoms with Gasteiger partial charge in [-0.05, 0) is 26.3 Å². The largest absolute Gasteiger partial charge is 0.322 e. The molecule has 0 aliphatic carbocycles. The average molecular weight is 339 g/mol. The van der Waals surface area contributed by atoms with E-state index in [1.165, 1.54) is 6.07 Å². The van der Waals surface area contributed by atoms with Crippen LogP contribution in [0.3, 0.4) is 0 Å². The molecule has 2 rings (SSSR count). The van der Waals surface area contributed by atoms with Gasteiger partial charge in [0.2, 0.25) is 0 Å². The fraction of sp³-hybridized carbons (Fsp3) is 0.533. The molecule has 0 spiro atoms. The molecule has 0 aromatic heterocycles. The van der Waals surface area contributed by atoms with Crippen LogP contribution in [0.5, 0.6) is 0 Å². The molecule has 0 bridgehead atoms. The van der Waals surface area contributed by atoms with Crippen molar-refractivity contribution >= 4 is 28.2 Å². The van der Waals surface area contributed by atoms with Crippen LogP contribution in [-0.4, -0.2) is 43.7 Å². The van der Waals surface area contributed by atoms with Crippen LogP contribution in [0.1, 0.15) is 26.3 Å². The Kier molecular flexibility index (Phi) is 5.03. The monoisotopic (exact) mass is 339 g/mol. The van der Waals surface area contributed by atoms with Crippen LogP contribution in [0.4, 0.5) is 16.2 Å². The van der Waals surface area contributed by atoms with Gasteiger partial charge in [-0.3, -0.25) is 14.3 Å². The van der Waals surface area contributed by atoms with E-state index in [-0.39, 0.29) is 11.7 Å². The molecule has 126 valence electrons. The van der Waals surface area contributed by atoms with E-state index >= 15 is 0 Å². The lowest BCUT2D eigenvalue weighted by Crippen LogP contribution is -2.53. The van der Waals surface area contributed by atoms with Gasteiger partial charge in [-0.1, -0.05) is 13.0 Å². The zero-order valence-corrected chi connectivity index (χ0v) is 14.3. The SMILES string of the molecule is CCc1ccc(NC(=O)N2CC[S@@](=O)C(C)(C)C2)cc1[N+](=O)[O-]. The van der Waals surface area contributed by atoms with E-state index in [0.717, 1.165) is 0 Å². The summed E-state index contributed by atoms with van der Waals surface area (Å²) in [6.45, 7) is 6.38. The molecular formula is C15H21N3O4S. The molecule has 1 aliphatic rings. The fourth-order valence-electron chi connectivity index (χ4n) is 2.57. The molecule has 0 radical (unpaired) electrons. The summed E-state index contributed by atoms with van der Waals surface area (Å²) >= 11 is 0. The van der Waals surface area contributed by atoms with E-state index < -0.39 is 20.5 Å². The lowest BCUT2D eigenvalue weighted by atomic mass is 10.1. The van der Waals surface area contributed by atoms with E-state index in [0.29, 0.717) is 36.5 Å². The average Bonchev–Trinajstić information content (AvgIpc) is 2.49. The van der Waals surface area contributed by atoms with Gasteiger partial charge in [-0.15, -0.1) is 0 Å². The Bertz CT molecular complexity index is 660. The number of anilines is 1. The van der Waals surface area contributed by atoms with Crippen molar-refractivity contribution in [2.75, 3.05) is 24.2 Å². The lowest BCUT2D eigenvalue weighted by molar-refractivity contribution is -0.385. The van der Waals surface area contributed by atoms with Crippen molar-refractivity contribution in [1.29, 1.82) is 0 Å². The van der Waals surface area contributed by atoms with Crippen molar-refractivity contribution in [2.24, 2.45) is 0 Å². The minimum atomic E-state index is -0.959. The van der Waals surface area contributed by atoms with E-state index in [1.54, 1.807) is 17.0 Å². The van der Waals surface area contributed by atoms with E-state index in [2.05, 4.69) is 5.32 Å². The Balaban J connectivity index is 2.13. The van der Waals surface area contributed by atoms with Crippen molar-refractivity contribution in [2.45, 2.75) is 31.9 Å². The summed E-state index contributed by atoms with van der Waals surface area (Å²) < 4.78 is 11.5. The van der Waals surface area contributed by atoms with E-state index in [9.17, 15) is 19.1 Å². The Labute approximate surface area is 137 Å². The third-order valence-corrected chi connectivity index (χ3v) is 5.85. The van der Waals surface area contributed by atoms with Crippen LogP contribution in [-0.2, 0) is 17.2 Å². The second kappa shape index (κ2) is 6.66. The van der Waals surface area contributed by atoms with Gasteiger partial charge in [-0.25, -0.2) is 4.79 Å². The molecular weight excluding hydrogens is 318 g/mol. The molecule has 1 aromatic carbocycles. The van der Waals surface area contributed by atoms with Gasteiger partial charge in [0, 0.05) is 47.0 Å². The number of nitro groups is 1. The molecule has 7 nitrogen and oxygen atoms in total. The first kappa shape index (κ1) is 17.4. The molecule has 0 unspecified atom stereocenters. The standard InChI is InChI=1S/C15H21N3O4S/c1-4-11-5-6-12(9-13(11)18(20)21)16-14(19)17-7-8-23(22)15(2,3)10-17/h5-6,9H,4,7-8,10H2,1-3H3,(H,16,19)/t23-/m1/s1. The van der Waals surface area contributed by atoms with Crippen molar-refractivity contribution in [3.8, 4) is 0 Å². The number of benzene rings is 1. The normalized spacial score (nSPS) is 20.1. The number of hydrogen-bond donors (Lipinski definition) is 1. The van der Waals surface area contributed by atoms with Crippen molar-refractivity contribution in [3.63, 3.8) is 0 Å². The number of amides is 2. The molecule has 1 fully saturated rings. The van der Waals surface area contributed by atoms with Crippen LogP contribution in [0.2, 0.25) is 0 Å². The number of hydrogen-bond acceptors (Lipinski definition) is 4. The maximum atomic E-state index is 12.3. The number of nitrogens with one attached hydrogen (secondary N) is 1. The highest BCUT2D eigenvalue weighted by atomic mass is 32.2. The third-order valence-electron chi connectivity index (χ3n) is 3.94. The maximum Gasteiger partial charge on any atom is 0.321 e. The highest BCUT2D eigenvalue weighted by Gasteiger charge is 2.35. The van der Waals surface area contributed by atoms with Gasteiger partial charge >= 0.3 is 6.03 Å².